The molecule has 0 bridgehead atoms. The monoisotopic (exact) mass is 391 g/mol. The summed E-state index contributed by atoms with van der Waals surface area (Å²) in [4.78, 5) is 1.17. The van der Waals surface area contributed by atoms with Crippen molar-refractivity contribution in [2.24, 2.45) is 12.8 Å². The number of thiophene rings is 1. The van der Waals surface area contributed by atoms with Gasteiger partial charge in [0.25, 0.3) is 0 Å². The summed E-state index contributed by atoms with van der Waals surface area (Å²) in [6, 6.07) is 4.23. The standard InChI is InChI=1S/C12H15Br2N3S/c1-3-7-4-8(17(2)16-7)5-10(15)11-6-9(13)12(14)18-11/h4,6,10H,3,5,15H2,1-2H3. The first-order valence-electron chi connectivity index (χ1n) is 5.73. The number of aryl methyl sites for hydroxylation is 2. The molecule has 98 valence electrons. The largest absolute Gasteiger partial charge is 0.323 e. The minimum Gasteiger partial charge on any atom is -0.323 e. The molecule has 2 rings (SSSR count). The number of nitrogens with two attached hydrogens (primary N) is 1. The molecule has 0 fully saturated rings. The highest BCUT2D eigenvalue weighted by Crippen LogP contribution is 2.35. The van der Waals surface area contributed by atoms with E-state index in [1.807, 2.05) is 11.7 Å². The minimum atomic E-state index is 0.0118. The summed E-state index contributed by atoms with van der Waals surface area (Å²) in [5.41, 5.74) is 8.56. The molecule has 0 amide bonds. The van der Waals surface area contributed by atoms with Gasteiger partial charge in [-0.1, -0.05) is 6.92 Å². The van der Waals surface area contributed by atoms with E-state index in [2.05, 4.69) is 56.0 Å². The van der Waals surface area contributed by atoms with Gasteiger partial charge in [-0.2, -0.15) is 5.10 Å². The van der Waals surface area contributed by atoms with Gasteiger partial charge in [-0.25, -0.2) is 0 Å². The summed E-state index contributed by atoms with van der Waals surface area (Å²) < 4.78 is 4.08. The molecule has 0 spiro atoms. The molecule has 18 heavy (non-hydrogen) atoms. The lowest BCUT2D eigenvalue weighted by Crippen LogP contribution is -2.14. The van der Waals surface area contributed by atoms with Crippen LogP contribution in [0.3, 0.4) is 0 Å². The van der Waals surface area contributed by atoms with Gasteiger partial charge >= 0.3 is 0 Å². The van der Waals surface area contributed by atoms with Gasteiger partial charge in [-0.05, 0) is 50.4 Å². The maximum absolute atomic E-state index is 6.26. The van der Waals surface area contributed by atoms with Gasteiger partial charge in [0.15, 0.2) is 0 Å². The lowest BCUT2D eigenvalue weighted by molar-refractivity contribution is 0.644. The Balaban J connectivity index is 2.15. The summed E-state index contributed by atoms with van der Waals surface area (Å²) in [6.45, 7) is 2.11. The van der Waals surface area contributed by atoms with Crippen molar-refractivity contribution in [3.8, 4) is 0 Å². The average molecular weight is 393 g/mol. The molecular formula is C12H15Br2N3S. The molecule has 0 saturated heterocycles. The van der Waals surface area contributed by atoms with Gasteiger partial charge in [0.05, 0.1) is 9.48 Å². The third-order valence-corrected chi connectivity index (χ3v) is 6.24. The van der Waals surface area contributed by atoms with Gasteiger partial charge in [0.1, 0.15) is 0 Å². The second-order valence-electron chi connectivity index (χ2n) is 4.19. The Bertz CT molecular complexity index is 528. The molecule has 2 heterocycles. The van der Waals surface area contributed by atoms with E-state index in [0.29, 0.717) is 0 Å². The number of halogens is 2. The predicted octanol–water partition coefficient (Wildman–Crippen LogP) is 3.81. The van der Waals surface area contributed by atoms with Gasteiger partial charge in [0, 0.05) is 34.6 Å². The lowest BCUT2D eigenvalue weighted by Gasteiger charge is -2.09. The van der Waals surface area contributed by atoms with Crippen molar-refractivity contribution >= 4 is 43.2 Å². The van der Waals surface area contributed by atoms with Gasteiger partial charge in [-0.15, -0.1) is 11.3 Å². The molecule has 1 atom stereocenters. The van der Waals surface area contributed by atoms with Crippen molar-refractivity contribution in [3.05, 3.63) is 36.7 Å². The van der Waals surface area contributed by atoms with Crippen LogP contribution in [0.25, 0.3) is 0 Å². The third-order valence-electron chi connectivity index (χ3n) is 2.85. The van der Waals surface area contributed by atoms with E-state index in [4.69, 9.17) is 5.73 Å². The zero-order chi connectivity index (χ0) is 13.3. The van der Waals surface area contributed by atoms with Crippen LogP contribution in [-0.4, -0.2) is 9.78 Å². The summed E-state index contributed by atoms with van der Waals surface area (Å²) in [7, 11) is 1.97. The fraction of sp³-hybridized carbons (Fsp3) is 0.417. The van der Waals surface area contributed by atoms with Crippen LogP contribution in [-0.2, 0) is 19.9 Å². The molecule has 0 saturated carbocycles. The number of hydrogen-bond acceptors (Lipinski definition) is 3. The number of rotatable bonds is 4. The Kier molecular flexibility index (Phi) is 4.64. The average Bonchev–Trinajstić information content (AvgIpc) is 2.84. The first kappa shape index (κ1) is 14.2. The zero-order valence-electron chi connectivity index (χ0n) is 10.3. The quantitative estimate of drug-likeness (QED) is 0.859. The molecular weight excluding hydrogens is 378 g/mol. The van der Waals surface area contributed by atoms with Crippen molar-refractivity contribution in [3.63, 3.8) is 0 Å². The van der Waals surface area contributed by atoms with E-state index < -0.39 is 0 Å². The molecule has 6 heteroatoms. The predicted molar refractivity (Wildman–Crippen MR) is 82.9 cm³/mol. The Morgan fingerprint density at radius 3 is 2.67 bits per heavy atom. The van der Waals surface area contributed by atoms with E-state index >= 15 is 0 Å². The molecule has 2 aromatic heterocycles. The maximum Gasteiger partial charge on any atom is 0.0843 e. The molecule has 1 unspecified atom stereocenters. The molecule has 0 aliphatic carbocycles. The van der Waals surface area contributed by atoms with Crippen molar-refractivity contribution < 1.29 is 0 Å². The summed E-state index contributed by atoms with van der Waals surface area (Å²) in [5, 5.41) is 4.44. The molecule has 2 N–H and O–H groups in total. The first-order chi connectivity index (χ1) is 8.51. The lowest BCUT2D eigenvalue weighted by atomic mass is 10.1. The van der Waals surface area contributed by atoms with E-state index in [1.165, 1.54) is 10.6 Å². The summed E-state index contributed by atoms with van der Waals surface area (Å²) >= 11 is 8.66. The van der Waals surface area contributed by atoms with E-state index in [-0.39, 0.29) is 6.04 Å². The van der Waals surface area contributed by atoms with Crippen LogP contribution in [0, 0.1) is 0 Å². The summed E-state index contributed by atoms with van der Waals surface area (Å²) in [6.07, 6.45) is 1.77. The number of hydrogen-bond donors (Lipinski definition) is 1. The van der Waals surface area contributed by atoms with E-state index in [1.54, 1.807) is 11.3 Å². The highest BCUT2D eigenvalue weighted by Gasteiger charge is 2.15. The fourth-order valence-corrected chi connectivity index (χ4v) is 3.90. The molecule has 2 aromatic rings. The van der Waals surface area contributed by atoms with Crippen LogP contribution < -0.4 is 5.73 Å². The Hall–Kier alpha value is -0.170. The molecule has 3 nitrogen and oxygen atoms in total. The van der Waals surface area contributed by atoms with Crippen molar-refractivity contribution in [2.45, 2.75) is 25.8 Å². The third kappa shape index (κ3) is 3.04. The van der Waals surface area contributed by atoms with Crippen molar-refractivity contribution in [2.75, 3.05) is 0 Å². The van der Waals surface area contributed by atoms with E-state index in [0.717, 1.165) is 26.8 Å². The Labute approximate surface area is 128 Å². The second kappa shape index (κ2) is 5.86. The molecule has 0 radical (unpaired) electrons. The SMILES string of the molecule is CCc1cc(CC(N)c2cc(Br)c(Br)s2)n(C)n1. The van der Waals surface area contributed by atoms with Crippen molar-refractivity contribution in [1.82, 2.24) is 9.78 Å². The van der Waals surface area contributed by atoms with E-state index in [9.17, 15) is 0 Å². The molecule has 0 aromatic carbocycles. The summed E-state index contributed by atoms with van der Waals surface area (Å²) in [5.74, 6) is 0. The van der Waals surface area contributed by atoms with Crippen LogP contribution in [0.5, 0.6) is 0 Å². The zero-order valence-corrected chi connectivity index (χ0v) is 14.3. The molecule has 0 aliphatic heterocycles. The smallest absolute Gasteiger partial charge is 0.0843 e. The first-order valence-corrected chi connectivity index (χ1v) is 8.13. The fourth-order valence-electron chi connectivity index (χ4n) is 1.81. The van der Waals surface area contributed by atoms with Crippen LogP contribution in [0.15, 0.2) is 20.4 Å². The Morgan fingerprint density at radius 2 is 2.17 bits per heavy atom. The highest BCUT2D eigenvalue weighted by molar-refractivity contribution is 9.13. The van der Waals surface area contributed by atoms with Crippen molar-refractivity contribution in [1.29, 1.82) is 0 Å². The van der Waals surface area contributed by atoms with Crippen LogP contribution in [0.2, 0.25) is 0 Å². The van der Waals surface area contributed by atoms with Crippen LogP contribution in [0.4, 0.5) is 0 Å². The number of aromatic nitrogens is 2. The maximum atomic E-state index is 6.26. The van der Waals surface area contributed by atoms with Crippen LogP contribution >= 0.6 is 43.2 Å². The van der Waals surface area contributed by atoms with Gasteiger partial charge in [0.2, 0.25) is 0 Å². The topological polar surface area (TPSA) is 43.8 Å². The second-order valence-corrected chi connectivity index (χ2v) is 7.44. The van der Waals surface area contributed by atoms with Crippen LogP contribution in [0.1, 0.15) is 29.2 Å². The number of nitrogens with zero attached hydrogens (tertiary/aromatic N) is 2. The van der Waals surface area contributed by atoms with Gasteiger partial charge < -0.3 is 5.73 Å². The minimum absolute atomic E-state index is 0.0118. The molecule has 0 aliphatic rings. The normalized spacial score (nSPS) is 12.9. The Morgan fingerprint density at radius 1 is 1.44 bits per heavy atom. The van der Waals surface area contributed by atoms with Gasteiger partial charge in [-0.3, -0.25) is 4.68 Å². The highest BCUT2D eigenvalue weighted by atomic mass is 79.9.